The number of fused-ring (bicyclic) bond motifs is 4. The molecule has 1 unspecified atom stereocenters. The highest BCUT2D eigenvalue weighted by Crippen LogP contribution is 2.43. The Morgan fingerprint density at radius 1 is 1.17 bits per heavy atom. The molecule has 0 saturated heterocycles. The molecule has 7 nitrogen and oxygen atoms in total. The molecule has 2 N–H and O–H groups in total. The van der Waals surface area contributed by atoms with Crippen LogP contribution in [-0.4, -0.2) is 45.6 Å². The van der Waals surface area contributed by atoms with Crippen LogP contribution < -0.4 is 9.47 Å². The largest absolute Gasteiger partial charge is 0.480 e. The lowest BCUT2D eigenvalue weighted by atomic mass is 9.88. The van der Waals surface area contributed by atoms with Gasteiger partial charge in [-0.25, -0.2) is 4.79 Å². The van der Waals surface area contributed by atoms with Gasteiger partial charge in [-0.1, -0.05) is 24.3 Å². The van der Waals surface area contributed by atoms with E-state index in [0.717, 1.165) is 27.7 Å². The first-order chi connectivity index (χ1) is 14.1. The molecule has 8 heteroatoms. The van der Waals surface area contributed by atoms with Crippen LogP contribution in [0.2, 0.25) is 0 Å². The molecule has 1 aromatic heterocycles. The molecule has 1 amide bonds. The van der Waals surface area contributed by atoms with Gasteiger partial charge in [0, 0.05) is 23.0 Å². The maximum atomic E-state index is 12.8. The number of aromatic nitrogens is 1. The molecule has 2 aliphatic heterocycles. The lowest BCUT2D eigenvalue weighted by Crippen LogP contribution is -2.52. The van der Waals surface area contributed by atoms with Crippen molar-refractivity contribution in [1.29, 1.82) is 0 Å². The molecule has 2 aromatic carbocycles. The van der Waals surface area contributed by atoms with E-state index in [-0.39, 0.29) is 19.1 Å². The summed E-state index contributed by atoms with van der Waals surface area (Å²) in [4.78, 5) is 29.7. The normalized spacial score (nSPS) is 20.0. The SMILES string of the molecule is O=C(O)C1Cc2c([nH]c3ccccc23)[C@@H](c2ccc3c(c2)OCO3)N1C(=O)CCl. The Kier molecular flexibility index (Phi) is 4.13. The Morgan fingerprint density at radius 2 is 1.97 bits per heavy atom. The molecule has 2 aliphatic rings. The molecular formula is C21H17ClN2O5. The monoisotopic (exact) mass is 412 g/mol. The number of aliphatic carboxylic acids is 1. The van der Waals surface area contributed by atoms with Crippen LogP contribution in [0.4, 0.5) is 0 Å². The van der Waals surface area contributed by atoms with Gasteiger partial charge in [0.15, 0.2) is 11.5 Å². The van der Waals surface area contributed by atoms with E-state index in [1.54, 1.807) is 12.1 Å². The number of nitrogens with zero attached hydrogens (tertiary/aromatic N) is 1. The van der Waals surface area contributed by atoms with Crippen molar-refractivity contribution in [2.24, 2.45) is 0 Å². The van der Waals surface area contributed by atoms with Gasteiger partial charge in [-0.2, -0.15) is 0 Å². The molecule has 3 aromatic rings. The van der Waals surface area contributed by atoms with Gasteiger partial charge in [0.25, 0.3) is 0 Å². The van der Waals surface area contributed by atoms with Gasteiger partial charge in [0.1, 0.15) is 11.9 Å². The molecular weight excluding hydrogens is 396 g/mol. The number of halogens is 1. The molecule has 148 valence electrons. The molecule has 0 saturated carbocycles. The number of aromatic amines is 1. The molecule has 2 atom stereocenters. The topological polar surface area (TPSA) is 91.9 Å². The van der Waals surface area contributed by atoms with Crippen molar-refractivity contribution in [2.45, 2.75) is 18.5 Å². The van der Waals surface area contributed by atoms with E-state index in [1.807, 2.05) is 30.3 Å². The predicted molar refractivity (Wildman–Crippen MR) is 105 cm³/mol. The van der Waals surface area contributed by atoms with Crippen molar-refractivity contribution in [3.05, 3.63) is 59.3 Å². The first-order valence-corrected chi connectivity index (χ1v) is 9.71. The minimum absolute atomic E-state index is 0.128. The lowest BCUT2D eigenvalue weighted by Gasteiger charge is -2.40. The third kappa shape index (κ3) is 2.73. The fourth-order valence-electron chi connectivity index (χ4n) is 4.29. The number of hydrogen-bond donors (Lipinski definition) is 2. The molecule has 0 fully saturated rings. The summed E-state index contributed by atoms with van der Waals surface area (Å²) in [6.45, 7) is 0.128. The van der Waals surface area contributed by atoms with Crippen molar-refractivity contribution >= 4 is 34.4 Å². The van der Waals surface area contributed by atoms with E-state index < -0.39 is 24.0 Å². The van der Waals surface area contributed by atoms with E-state index in [1.165, 1.54) is 4.90 Å². The number of carbonyl (C=O) groups excluding carboxylic acids is 1. The summed E-state index contributed by atoms with van der Waals surface area (Å²) in [6, 6.07) is 11.5. The summed E-state index contributed by atoms with van der Waals surface area (Å²) in [5, 5.41) is 10.9. The number of carbonyl (C=O) groups is 2. The number of nitrogens with one attached hydrogen (secondary N) is 1. The van der Waals surface area contributed by atoms with Crippen LogP contribution in [0.5, 0.6) is 11.5 Å². The number of alkyl halides is 1. The van der Waals surface area contributed by atoms with Gasteiger partial charge in [0.05, 0.1) is 6.04 Å². The number of hydrogen-bond acceptors (Lipinski definition) is 4. The van der Waals surface area contributed by atoms with E-state index in [0.29, 0.717) is 11.5 Å². The maximum Gasteiger partial charge on any atom is 0.326 e. The fourth-order valence-corrected chi connectivity index (χ4v) is 4.43. The molecule has 0 spiro atoms. The quantitative estimate of drug-likeness (QED) is 0.645. The van der Waals surface area contributed by atoms with Crippen LogP contribution in [0, 0.1) is 0 Å². The number of amides is 1. The first kappa shape index (κ1) is 17.9. The zero-order valence-corrected chi connectivity index (χ0v) is 16.0. The third-order valence-electron chi connectivity index (χ3n) is 5.53. The summed E-state index contributed by atoms with van der Waals surface area (Å²) in [5.41, 5.74) is 3.31. The second-order valence-corrected chi connectivity index (χ2v) is 7.34. The Bertz CT molecular complexity index is 1140. The smallest absolute Gasteiger partial charge is 0.326 e. The van der Waals surface area contributed by atoms with Crippen molar-refractivity contribution in [3.8, 4) is 11.5 Å². The van der Waals surface area contributed by atoms with Crippen molar-refractivity contribution in [1.82, 2.24) is 9.88 Å². The van der Waals surface area contributed by atoms with Crippen LogP contribution in [0.1, 0.15) is 22.9 Å². The van der Waals surface area contributed by atoms with Crippen molar-refractivity contribution < 1.29 is 24.2 Å². The molecule has 5 rings (SSSR count). The molecule has 3 heterocycles. The number of rotatable bonds is 3. The summed E-state index contributed by atoms with van der Waals surface area (Å²) < 4.78 is 10.9. The average molecular weight is 413 g/mol. The maximum absolute atomic E-state index is 12.8. The third-order valence-corrected chi connectivity index (χ3v) is 5.76. The van der Waals surface area contributed by atoms with E-state index >= 15 is 0 Å². The van der Waals surface area contributed by atoms with Gasteiger partial charge >= 0.3 is 5.97 Å². The number of carboxylic acid groups (broad SMARTS) is 1. The Balaban J connectivity index is 1.75. The van der Waals surface area contributed by atoms with Gasteiger partial charge in [-0.3, -0.25) is 4.79 Å². The van der Waals surface area contributed by atoms with Gasteiger partial charge in [-0.15, -0.1) is 11.6 Å². The lowest BCUT2D eigenvalue weighted by molar-refractivity contribution is -0.151. The summed E-state index contributed by atoms with van der Waals surface area (Å²) in [5.74, 6) is -0.626. The molecule has 0 bridgehead atoms. The number of carboxylic acids is 1. The zero-order chi connectivity index (χ0) is 20.1. The summed E-state index contributed by atoms with van der Waals surface area (Å²) in [6.07, 6.45) is 0.207. The second-order valence-electron chi connectivity index (χ2n) is 7.07. The standard InChI is InChI=1S/C21H17ClN2O5/c22-9-18(25)24-15(21(26)27)8-13-12-3-1-2-4-14(12)23-19(13)20(24)11-5-6-16-17(7-11)29-10-28-16/h1-7,15,20,23H,8-10H2,(H,26,27)/t15?,20-/m1/s1. The predicted octanol–water partition coefficient (Wildman–Crippen LogP) is 3.06. The highest BCUT2D eigenvalue weighted by Gasteiger charge is 2.43. The highest BCUT2D eigenvalue weighted by molar-refractivity contribution is 6.27. The van der Waals surface area contributed by atoms with Crippen LogP contribution in [0.3, 0.4) is 0 Å². The first-order valence-electron chi connectivity index (χ1n) is 9.17. The van der Waals surface area contributed by atoms with Gasteiger partial charge < -0.3 is 24.5 Å². The van der Waals surface area contributed by atoms with E-state index in [9.17, 15) is 14.7 Å². The van der Waals surface area contributed by atoms with Gasteiger partial charge in [0.2, 0.25) is 12.7 Å². The number of H-pyrrole nitrogens is 1. The van der Waals surface area contributed by atoms with E-state index in [2.05, 4.69) is 4.98 Å². The molecule has 0 aliphatic carbocycles. The Labute approximate surface area is 170 Å². The number of para-hydroxylation sites is 1. The fraction of sp³-hybridized carbons (Fsp3) is 0.238. The zero-order valence-electron chi connectivity index (χ0n) is 15.2. The summed E-state index contributed by atoms with van der Waals surface area (Å²) >= 11 is 5.87. The van der Waals surface area contributed by atoms with Crippen molar-refractivity contribution in [2.75, 3.05) is 12.7 Å². The summed E-state index contributed by atoms with van der Waals surface area (Å²) in [7, 11) is 0. The van der Waals surface area contributed by atoms with Crippen LogP contribution in [-0.2, 0) is 16.0 Å². The average Bonchev–Trinajstić information content (AvgIpc) is 3.35. The minimum Gasteiger partial charge on any atom is -0.480 e. The highest BCUT2D eigenvalue weighted by atomic mass is 35.5. The Hall–Kier alpha value is -3.19. The van der Waals surface area contributed by atoms with Crippen LogP contribution >= 0.6 is 11.6 Å². The second kappa shape index (κ2) is 6.70. The van der Waals surface area contributed by atoms with Crippen molar-refractivity contribution in [3.63, 3.8) is 0 Å². The van der Waals surface area contributed by atoms with Crippen LogP contribution in [0.25, 0.3) is 10.9 Å². The van der Waals surface area contributed by atoms with Gasteiger partial charge in [-0.05, 0) is 29.3 Å². The number of ether oxygens (including phenoxy) is 2. The number of benzene rings is 2. The molecule has 29 heavy (non-hydrogen) atoms. The molecule has 0 radical (unpaired) electrons. The minimum atomic E-state index is -1.06. The van der Waals surface area contributed by atoms with E-state index in [4.69, 9.17) is 21.1 Å². The van der Waals surface area contributed by atoms with Crippen LogP contribution in [0.15, 0.2) is 42.5 Å². The Morgan fingerprint density at radius 3 is 2.76 bits per heavy atom.